The van der Waals surface area contributed by atoms with Gasteiger partial charge in [0.1, 0.15) is 0 Å². The number of carbonyl (C=O) groups is 2. The van der Waals surface area contributed by atoms with Crippen molar-refractivity contribution < 1.29 is 38.9 Å². The van der Waals surface area contributed by atoms with E-state index in [0.29, 0.717) is 0 Å². The maximum Gasteiger partial charge on any atom is 0.432 e. The SMILES string of the molecule is O=C(O[SiH2]OC(=O)C(O)CO)C(O)CO. The predicted molar refractivity (Wildman–Crippen MR) is 46.9 cm³/mol. The molecule has 0 amide bonds. The molecular formula is C6H12O8Si. The van der Waals surface area contributed by atoms with Gasteiger partial charge >= 0.3 is 21.9 Å². The molecule has 88 valence electrons. The van der Waals surface area contributed by atoms with Crippen molar-refractivity contribution in [3.05, 3.63) is 0 Å². The average Bonchev–Trinajstić information content (AvgIpc) is 2.26. The summed E-state index contributed by atoms with van der Waals surface area (Å²) in [5.41, 5.74) is 0. The third-order valence-corrected chi connectivity index (χ3v) is 2.10. The van der Waals surface area contributed by atoms with E-state index in [1.54, 1.807) is 0 Å². The van der Waals surface area contributed by atoms with Crippen LogP contribution in [0.2, 0.25) is 0 Å². The molecule has 15 heavy (non-hydrogen) atoms. The topological polar surface area (TPSA) is 134 Å². The molecular weight excluding hydrogens is 228 g/mol. The molecule has 0 bridgehead atoms. The molecule has 0 aliphatic heterocycles. The van der Waals surface area contributed by atoms with Gasteiger partial charge in [-0.1, -0.05) is 0 Å². The minimum atomic E-state index is -2.03. The van der Waals surface area contributed by atoms with Crippen LogP contribution in [0.15, 0.2) is 0 Å². The molecule has 0 fully saturated rings. The van der Waals surface area contributed by atoms with Gasteiger partial charge in [-0.3, -0.25) is 9.59 Å². The summed E-state index contributed by atoms with van der Waals surface area (Å²) >= 11 is 0. The van der Waals surface area contributed by atoms with Crippen molar-refractivity contribution in [1.82, 2.24) is 0 Å². The summed E-state index contributed by atoms with van der Waals surface area (Å²) in [6.45, 7) is -1.58. The molecule has 0 aliphatic carbocycles. The summed E-state index contributed by atoms with van der Waals surface area (Å²) in [7, 11) is -2.03. The van der Waals surface area contributed by atoms with E-state index >= 15 is 0 Å². The molecule has 0 radical (unpaired) electrons. The van der Waals surface area contributed by atoms with E-state index in [9.17, 15) is 9.59 Å². The summed E-state index contributed by atoms with van der Waals surface area (Å²) in [4.78, 5) is 21.4. The summed E-state index contributed by atoms with van der Waals surface area (Å²) in [6.07, 6.45) is -3.34. The van der Waals surface area contributed by atoms with Crippen molar-refractivity contribution in [3.63, 3.8) is 0 Å². The number of carbonyl (C=O) groups excluding carboxylic acids is 2. The van der Waals surface area contributed by atoms with E-state index in [1.165, 1.54) is 0 Å². The number of hydrogen-bond acceptors (Lipinski definition) is 8. The van der Waals surface area contributed by atoms with Crippen LogP contribution in [-0.4, -0.2) is 67.8 Å². The van der Waals surface area contributed by atoms with Gasteiger partial charge in [-0.05, 0) is 0 Å². The fourth-order valence-electron chi connectivity index (χ4n) is 0.487. The number of aliphatic hydroxyl groups excluding tert-OH is 4. The van der Waals surface area contributed by atoms with Gasteiger partial charge in [-0.15, -0.1) is 0 Å². The van der Waals surface area contributed by atoms with E-state index in [0.717, 1.165) is 0 Å². The highest BCUT2D eigenvalue weighted by atomic mass is 28.3. The molecule has 2 unspecified atom stereocenters. The van der Waals surface area contributed by atoms with Gasteiger partial charge in [0.25, 0.3) is 0 Å². The highest BCUT2D eigenvalue weighted by molar-refractivity contribution is 6.26. The molecule has 0 aromatic heterocycles. The van der Waals surface area contributed by atoms with Crippen LogP contribution in [0.25, 0.3) is 0 Å². The Labute approximate surface area is 87.1 Å². The van der Waals surface area contributed by atoms with Crippen molar-refractivity contribution in [2.45, 2.75) is 12.2 Å². The molecule has 0 rings (SSSR count). The Morgan fingerprint density at radius 3 is 1.60 bits per heavy atom. The first-order valence-corrected chi connectivity index (χ1v) is 5.09. The van der Waals surface area contributed by atoms with Gasteiger partial charge in [0.2, 0.25) is 0 Å². The van der Waals surface area contributed by atoms with Gasteiger partial charge in [-0.2, -0.15) is 0 Å². The minimum absolute atomic E-state index is 0.791. The van der Waals surface area contributed by atoms with E-state index < -0.39 is 47.4 Å². The molecule has 0 heterocycles. The van der Waals surface area contributed by atoms with Crippen molar-refractivity contribution in [3.8, 4) is 0 Å². The number of aliphatic hydroxyl groups is 4. The van der Waals surface area contributed by atoms with E-state index in [4.69, 9.17) is 20.4 Å². The van der Waals surface area contributed by atoms with Gasteiger partial charge in [0.15, 0.2) is 12.2 Å². The fraction of sp³-hybridized carbons (Fsp3) is 0.667. The maximum atomic E-state index is 10.7. The smallest absolute Gasteiger partial charge is 0.432 e. The Bertz CT molecular complexity index is 197. The quantitative estimate of drug-likeness (QED) is 0.343. The Morgan fingerprint density at radius 1 is 1.00 bits per heavy atom. The molecule has 2 atom stereocenters. The Morgan fingerprint density at radius 2 is 1.33 bits per heavy atom. The zero-order valence-corrected chi connectivity index (χ0v) is 9.11. The zero-order chi connectivity index (χ0) is 11.8. The van der Waals surface area contributed by atoms with Crippen LogP contribution in [0.4, 0.5) is 0 Å². The molecule has 4 N–H and O–H groups in total. The molecule has 0 saturated carbocycles. The summed E-state index contributed by atoms with van der Waals surface area (Å²) < 4.78 is 8.63. The van der Waals surface area contributed by atoms with Gasteiger partial charge in [0, 0.05) is 0 Å². The molecule has 0 aromatic carbocycles. The van der Waals surface area contributed by atoms with Crippen LogP contribution in [0.1, 0.15) is 0 Å². The number of hydrogen-bond donors (Lipinski definition) is 4. The van der Waals surface area contributed by atoms with Crippen molar-refractivity contribution in [1.29, 1.82) is 0 Å². The first kappa shape index (κ1) is 14.0. The lowest BCUT2D eigenvalue weighted by atomic mass is 10.4. The average molecular weight is 240 g/mol. The standard InChI is InChI=1S/C6H12O8Si/c7-1-3(9)5(11)13-15-14-6(12)4(10)2-8/h3-4,7-10H,1-2,15H2. The Kier molecular flexibility index (Phi) is 6.82. The monoisotopic (exact) mass is 240 g/mol. The molecule has 0 spiro atoms. The van der Waals surface area contributed by atoms with Gasteiger partial charge < -0.3 is 29.3 Å². The van der Waals surface area contributed by atoms with Gasteiger partial charge in [0.05, 0.1) is 13.2 Å². The molecule has 0 aliphatic rings. The van der Waals surface area contributed by atoms with Crippen molar-refractivity contribution in [2.24, 2.45) is 0 Å². The minimum Gasteiger partial charge on any atom is -0.487 e. The van der Waals surface area contributed by atoms with E-state index in [-0.39, 0.29) is 0 Å². The van der Waals surface area contributed by atoms with E-state index in [1.807, 2.05) is 0 Å². The molecule has 8 nitrogen and oxygen atoms in total. The highest BCUT2D eigenvalue weighted by Gasteiger charge is 2.18. The second kappa shape index (κ2) is 7.31. The number of rotatable bonds is 6. The predicted octanol–water partition coefficient (Wildman–Crippen LogP) is -4.22. The molecule has 0 saturated heterocycles. The normalized spacial score (nSPS) is 14.9. The van der Waals surface area contributed by atoms with Crippen LogP contribution in [0.3, 0.4) is 0 Å². The lowest BCUT2D eigenvalue weighted by Crippen LogP contribution is -2.32. The summed E-state index contributed by atoms with van der Waals surface area (Å²) in [5, 5.41) is 34.1. The largest absolute Gasteiger partial charge is 0.487 e. The lowest BCUT2D eigenvalue weighted by molar-refractivity contribution is -0.151. The summed E-state index contributed by atoms with van der Waals surface area (Å²) in [6, 6.07) is 0. The highest BCUT2D eigenvalue weighted by Crippen LogP contribution is 1.89. The Balaban J connectivity index is 3.70. The zero-order valence-electron chi connectivity index (χ0n) is 7.70. The first-order chi connectivity index (χ1) is 7.02. The van der Waals surface area contributed by atoms with Crippen molar-refractivity contribution >= 4 is 21.9 Å². The second-order valence-corrected chi connectivity index (χ2v) is 3.25. The van der Waals surface area contributed by atoms with Crippen molar-refractivity contribution in [2.75, 3.05) is 13.2 Å². The van der Waals surface area contributed by atoms with Crippen LogP contribution in [0, 0.1) is 0 Å². The Hall–Kier alpha value is -1.00. The van der Waals surface area contributed by atoms with Crippen LogP contribution in [-0.2, 0) is 18.4 Å². The van der Waals surface area contributed by atoms with Crippen LogP contribution in [0.5, 0.6) is 0 Å². The fourth-order valence-corrected chi connectivity index (χ4v) is 1.16. The molecule has 9 heteroatoms. The third-order valence-electron chi connectivity index (χ3n) is 1.29. The maximum absolute atomic E-state index is 10.7. The first-order valence-electron chi connectivity index (χ1n) is 3.94. The molecule has 0 aromatic rings. The summed E-state index contributed by atoms with van der Waals surface area (Å²) in [5.74, 6) is -2.20. The van der Waals surface area contributed by atoms with Gasteiger partial charge in [-0.25, -0.2) is 0 Å². The van der Waals surface area contributed by atoms with Crippen LogP contribution < -0.4 is 0 Å². The van der Waals surface area contributed by atoms with E-state index in [2.05, 4.69) is 8.85 Å². The second-order valence-electron chi connectivity index (χ2n) is 2.44. The lowest BCUT2D eigenvalue weighted by Gasteiger charge is -2.10. The third kappa shape index (κ3) is 5.44. The van der Waals surface area contributed by atoms with Crippen LogP contribution >= 0.6 is 0 Å².